The third-order valence-electron chi connectivity index (χ3n) is 4.21. The molecule has 26 heavy (non-hydrogen) atoms. The van der Waals surface area contributed by atoms with E-state index < -0.39 is 11.9 Å². The zero-order valence-electron chi connectivity index (χ0n) is 14.1. The molecule has 0 fully saturated rings. The van der Waals surface area contributed by atoms with Crippen LogP contribution in [-0.2, 0) is 22.4 Å². The van der Waals surface area contributed by atoms with Gasteiger partial charge in [0.2, 0.25) is 11.8 Å². The van der Waals surface area contributed by atoms with Gasteiger partial charge in [0.1, 0.15) is 11.9 Å². The van der Waals surface area contributed by atoms with Gasteiger partial charge in [0.05, 0.1) is 6.42 Å². The molecule has 4 nitrogen and oxygen atoms in total. The minimum atomic E-state index is -0.802. The van der Waals surface area contributed by atoms with Crippen LogP contribution in [0.2, 0.25) is 0 Å². The zero-order chi connectivity index (χ0) is 18.5. The molecule has 0 heterocycles. The summed E-state index contributed by atoms with van der Waals surface area (Å²) in [6.45, 7) is 0. The molecule has 3 rings (SSSR count). The molecule has 0 aliphatic heterocycles. The van der Waals surface area contributed by atoms with Crippen LogP contribution in [0, 0.1) is 5.82 Å². The van der Waals surface area contributed by atoms with Crippen LogP contribution in [0.15, 0.2) is 66.7 Å². The molecule has 132 valence electrons. The van der Waals surface area contributed by atoms with Gasteiger partial charge in [-0.2, -0.15) is 0 Å². The first-order valence-corrected chi connectivity index (χ1v) is 8.32. The number of halogens is 1. The molecular formula is C21H19FN2O2. The summed E-state index contributed by atoms with van der Waals surface area (Å²) in [5, 5.41) is 4.83. The highest BCUT2D eigenvalue weighted by Gasteiger charge is 2.19. The molecule has 5 heteroatoms. The number of nitrogens with two attached hydrogens (primary N) is 1. The number of fused-ring (bicyclic) bond motifs is 1. The Kier molecular flexibility index (Phi) is 5.27. The van der Waals surface area contributed by atoms with Gasteiger partial charge in [-0.1, -0.05) is 54.6 Å². The number of benzene rings is 3. The van der Waals surface area contributed by atoms with E-state index in [1.165, 1.54) is 24.3 Å². The van der Waals surface area contributed by atoms with E-state index in [0.29, 0.717) is 12.0 Å². The average Bonchev–Trinajstić information content (AvgIpc) is 2.63. The molecule has 0 saturated heterocycles. The van der Waals surface area contributed by atoms with Crippen LogP contribution < -0.4 is 11.1 Å². The van der Waals surface area contributed by atoms with Crippen molar-refractivity contribution in [2.45, 2.75) is 18.9 Å². The Bertz CT molecular complexity index is 938. The molecule has 0 aliphatic carbocycles. The quantitative estimate of drug-likeness (QED) is 0.717. The van der Waals surface area contributed by atoms with Crippen LogP contribution in [0.1, 0.15) is 11.1 Å². The van der Waals surface area contributed by atoms with Gasteiger partial charge in [0, 0.05) is 6.42 Å². The Morgan fingerprint density at radius 3 is 2.27 bits per heavy atom. The fraction of sp³-hybridized carbons (Fsp3) is 0.143. The molecule has 3 aromatic rings. The van der Waals surface area contributed by atoms with Gasteiger partial charge in [0.15, 0.2) is 0 Å². The maximum Gasteiger partial charge on any atom is 0.240 e. The second-order valence-electron chi connectivity index (χ2n) is 6.21. The Morgan fingerprint density at radius 1 is 0.923 bits per heavy atom. The van der Waals surface area contributed by atoms with E-state index in [4.69, 9.17) is 5.73 Å². The highest BCUT2D eigenvalue weighted by molar-refractivity contribution is 5.88. The minimum Gasteiger partial charge on any atom is -0.368 e. The smallest absolute Gasteiger partial charge is 0.240 e. The number of hydrogen-bond acceptors (Lipinski definition) is 2. The van der Waals surface area contributed by atoms with Crippen molar-refractivity contribution in [3.05, 3.63) is 83.7 Å². The van der Waals surface area contributed by atoms with E-state index in [-0.39, 0.29) is 18.1 Å². The van der Waals surface area contributed by atoms with Gasteiger partial charge in [-0.25, -0.2) is 4.39 Å². The first-order chi connectivity index (χ1) is 12.5. The van der Waals surface area contributed by atoms with Gasteiger partial charge in [0.25, 0.3) is 0 Å². The number of primary amides is 1. The lowest BCUT2D eigenvalue weighted by Crippen LogP contribution is -2.46. The average molecular weight is 350 g/mol. The molecular weight excluding hydrogens is 331 g/mol. The molecule has 1 atom stereocenters. The molecule has 0 aliphatic rings. The lowest BCUT2D eigenvalue weighted by Gasteiger charge is -2.16. The molecule has 0 spiro atoms. The first kappa shape index (κ1) is 17.6. The molecule has 0 radical (unpaired) electrons. The monoisotopic (exact) mass is 350 g/mol. The third kappa shape index (κ3) is 4.45. The predicted octanol–water partition coefficient (Wildman–Crippen LogP) is 2.73. The summed E-state index contributed by atoms with van der Waals surface area (Å²) in [5.41, 5.74) is 7.03. The molecule has 3 N–H and O–H groups in total. The van der Waals surface area contributed by atoms with Crippen LogP contribution in [0.25, 0.3) is 10.8 Å². The van der Waals surface area contributed by atoms with Gasteiger partial charge in [-0.15, -0.1) is 0 Å². The van der Waals surface area contributed by atoms with E-state index in [2.05, 4.69) is 5.32 Å². The van der Waals surface area contributed by atoms with Crippen molar-refractivity contribution in [3.8, 4) is 0 Å². The highest BCUT2D eigenvalue weighted by atomic mass is 19.1. The van der Waals surface area contributed by atoms with Crippen molar-refractivity contribution < 1.29 is 14.0 Å². The molecule has 0 bridgehead atoms. The lowest BCUT2D eigenvalue weighted by molar-refractivity contribution is -0.127. The SMILES string of the molecule is NC(=O)[C@H](Cc1ccc2ccccc2c1)NC(=O)Cc1ccc(F)cc1. The summed E-state index contributed by atoms with van der Waals surface area (Å²) in [4.78, 5) is 24.0. The van der Waals surface area contributed by atoms with Gasteiger partial charge >= 0.3 is 0 Å². The number of nitrogens with one attached hydrogen (secondary N) is 1. The van der Waals surface area contributed by atoms with Crippen molar-refractivity contribution in [2.75, 3.05) is 0 Å². The van der Waals surface area contributed by atoms with E-state index in [1.807, 2.05) is 42.5 Å². The Balaban J connectivity index is 1.68. The van der Waals surface area contributed by atoms with Crippen LogP contribution >= 0.6 is 0 Å². The van der Waals surface area contributed by atoms with Crippen molar-refractivity contribution in [1.29, 1.82) is 0 Å². The van der Waals surface area contributed by atoms with Gasteiger partial charge in [-0.05, 0) is 34.0 Å². The van der Waals surface area contributed by atoms with Crippen LogP contribution in [-0.4, -0.2) is 17.9 Å². The van der Waals surface area contributed by atoms with Crippen LogP contribution in [0.5, 0.6) is 0 Å². The zero-order valence-corrected chi connectivity index (χ0v) is 14.1. The van der Waals surface area contributed by atoms with Crippen molar-refractivity contribution >= 4 is 22.6 Å². The normalized spacial score (nSPS) is 11.9. The van der Waals surface area contributed by atoms with Gasteiger partial charge in [-0.3, -0.25) is 9.59 Å². The third-order valence-corrected chi connectivity index (χ3v) is 4.21. The standard InChI is InChI=1S/C21H19FN2O2/c22-18-9-6-14(7-10-18)13-20(25)24-19(21(23)26)12-15-5-8-16-3-1-2-4-17(16)11-15/h1-11,19H,12-13H2,(H2,23,26)(H,24,25)/t19-/m0/s1. The van der Waals surface area contributed by atoms with Crippen molar-refractivity contribution in [3.63, 3.8) is 0 Å². The molecule has 0 saturated carbocycles. The summed E-state index contributed by atoms with van der Waals surface area (Å²) < 4.78 is 12.9. The predicted molar refractivity (Wildman–Crippen MR) is 98.9 cm³/mol. The van der Waals surface area contributed by atoms with Crippen LogP contribution in [0.3, 0.4) is 0 Å². The van der Waals surface area contributed by atoms with Gasteiger partial charge < -0.3 is 11.1 Å². The fourth-order valence-corrected chi connectivity index (χ4v) is 2.86. The van der Waals surface area contributed by atoms with Crippen molar-refractivity contribution in [2.24, 2.45) is 5.73 Å². The second kappa shape index (κ2) is 7.78. The summed E-state index contributed by atoms with van der Waals surface area (Å²) in [6.07, 6.45) is 0.372. The number of hydrogen-bond donors (Lipinski definition) is 2. The van der Waals surface area contributed by atoms with E-state index in [1.54, 1.807) is 0 Å². The number of amides is 2. The fourth-order valence-electron chi connectivity index (χ4n) is 2.86. The molecule has 2 amide bonds. The Hall–Kier alpha value is -3.21. The van der Waals surface area contributed by atoms with E-state index in [0.717, 1.165) is 16.3 Å². The number of carbonyl (C=O) groups is 2. The first-order valence-electron chi connectivity index (χ1n) is 8.32. The summed E-state index contributed by atoms with van der Waals surface area (Å²) in [6, 6.07) is 18.7. The van der Waals surface area contributed by atoms with E-state index in [9.17, 15) is 14.0 Å². The summed E-state index contributed by atoms with van der Waals surface area (Å²) in [7, 11) is 0. The number of rotatable bonds is 6. The molecule has 3 aromatic carbocycles. The summed E-state index contributed by atoms with van der Waals surface area (Å²) >= 11 is 0. The topological polar surface area (TPSA) is 72.2 Å². The number of carbonyl (C=O) groups excluding carboxylic acids is 2. The largest absolute Gasteiger partial charge is 0.368 e. The van der Waals surface area contributed by atoms with Crippen LogP contribution in [0.4, 0.5) is 4.39 Å². The minimum absolute atomic E-state index is 0.0573. The maximum atomic E-state index is 12.9. The Morgan fingerprint density at radius 2 is 1.58 bits per heavy atom. The summed E-state index contributed by atoms with van der Waals surface area (Å²) in [5.74, 6) is -1.28. The molecule has 0 aromatic heterocycles. The highest BCUT2D eigenvalue weighted by Crippen LogP contribution is 2.16. The maximum absolute atomic E-state index is 12.9. The van der Waals surface area contributed by atoms with Crippen molar-refractivity contribution in [1.82, 2.24) is 5.32 Å². The van der Waals surface area contributed by atoms with E-state index >= 15 is 0 Å². The molecule has 0 unspecified atom stereocenters. The Labute approximate surface area is 150 Å². The second-order valence-corrected chi connectivity index (χ2v) is 6.21. The lowest BCUT2D eigenvalue weighted by atomic mass is 10.0.